The van der Waals surface area contributed by atoms with E-state index in [1.165, 1.54) is 10.2 Å². The molecule has 0 radical (unpaired) electrons. The number of carbonyl (C=O) groups excluding carboxylic acids is 1. The summed E-state index contributed by atoms with van der Waals surface area (Å²) in [6, 6.07) is 9.65. The molecule has 0 bridgehead atoms. The summed E-state index contributed by atoms with van der Waals surface area (Å²) in [5, 5.41) is 4.14. The van der Waals surface area contributed by atoms with E-state index in [2.05, 4.69) is 12.0 Å². The quantitative estimate of drug-likeness (QED) is 0.847. The van der Waals surface area contributed by atoms with E-state index >= 15 is 0 Å². The Kier molecular flexibility index (Phi) is 4.00. The molecule has 0 fully saturated rings. The number of hydrogen-bond acceptors (Lipinski definition) is 3. The lowest BCUT2D eigenvalue weighted by Crippen LogP contribution is -2.21. The summed E-state index contributed by atoms with van der Waals surface area (Å²) in [5.41, 5.74) is 2.85. The zero-order chi connectivity index (χ0) is 13.8. The number of ether oxygens (including phenoxy) is 1. The van der Waals surface area contributed by atoms with Crippen LogP contribution in [-0.2, 0) is 6.42 Å². The Morgan fingerprint density at radius 3 is 2.74 bits per heavy atom. The summed E-state index contributed by atoms with van der Waals surface area (Å²) in [7, 11) is 0. The van der Waals surface area contributed by atoms with Gasteiger partial charge in [0.25, 0.3) is 5.91 Å². The van der Waals surface area contributed by atoms with Crippen molar-refractivity contribution in [3.8, 4) is 5.75 Å². The predicted octanol–water partition coefficient (Wildman–Crippen LogP) is 2.78. The number of carbonyl (C=O) groups is 1. The minimum atomic E-state index is -0.160. The van der Waals surface area contributed by atoms with Gasteiger partial charge in [-0.05, 0) is 44.0 Å². The van der Waals surface area contributed by atoms with Crippen molar-refractivity contribution in [1.82, 2.24) is 9.78 Å². The maximum absolute atomic E-state index is 12.0. The highest BCUT2D eigenvalue weighted by Crippen LogP contribution is 2.13. The van der Waals surface area contributed by atoms with E-state index in [1.807, 2.05) is 44.2 Å². The van der Waals surface area contributed by atoms with Gasteiger partial charge in [-0.2, -0.15) is 5.10 Å². The maximum Gasteiger partial charge on any atom is 0.284 e. The summed E-state index contributed by atoms with van der Waals surface area (Å²) >= 11 is 0. The summed E-state index contributed by atoms with van der Waals surface area (Å²) < 4.78 is 6.91. The van der Waals surface area contributed by atoms with Crippen LogP contribution < -0.4 is 4.74 Å². The topological polar surface area (TPSA) is 44.1 Å². The van der Waals surface area contributed by atoms with Crippen LogP contribution in [0.15, 0.2) is 30.3 Å². The molecule has 0 atom stereocenters. The van der Waals surface area contributed by atoms with Gasteiger partial charge in [0.1, 0.15) is 5.75 Å². The number of rotatable bonds is 4. The first-order valence-corrected chi connectivity index (χ1v) is 6.38. The molecule has 100 valence electrons. The molecule has 4 heteroatoms. The Hall–Kier alpha value is -2.10. The molecule has 2 aromatic rings. The molecule has 1 aromatic heterocycles. The minimum absolute atomic E-state index is 0.00483. The number of aryl methyl sites for hydroxylation is 3. The molecule has 4 nitrogen and oxygen atoms in total. The van der Waals surface area contributed by atoms with Crippen LogP contribution in [0.3, 0.4) is 0 Å². The summed E-state index contributed by atoms with van der Waals surface area (Å²) in [5.74, 6) is 0.557. The summed E-state index contributed by atoms with van der Waals surface area (Å²) in [6.07, 6.45) is 0.947. The van der Waals surface area contributed by atoms with Crippen LogP contribution in [0.5, 0.6) is 5.75 Å². The van der Waals surface area contributed by atoms with E-state index in [4.69, 9.17) is 4.74 Å². The van der Waals surface area contributed by atoms with Gasteiger partial charge in [0.2, 0.25) is 0 Å². The van der Waals surface area contributed by atoms with E-state index in [-0.39, 0.29) is 12.5 Å². The highest BCUT2D eigenvalue weighted by molar-refractivity contribution is 5.80. The van der Waals surface area contributed by atoms with Crippen LogP contribution in [0, 0.1) is 13.8 Å². The summed E-state index contributed by atoms with van der Waals surface area (Å²) in [6.45, 7) is 5.80. The Labute approximate surface area is 113 Å². The first-order valence-electron chi connectivity index (χ1n) is 6.38. The molecule has 0 saturated heterocycles. The fourth-order valence-electron chi connectivity index (χ4n) is 1.94. The Balaban J connectivity index is 2.02. The first kappa shape index (κ1) is 13.3. The second-order valence-corrected chi connectivity index (χ2v) is 4.52. The van der Waals surface area contributed by atoms with Crippen molar-refractivity contribution in [2.24, 2.45) is 0 Å². The van der Waals surface area contributed by atoms with Crippen LogP contribution in [-0.4, -0.2) is 22.3 Å². The number of nitrogens with zero attached hydrogens (tertiary/aromatic N) is 2. The SMILES string of the molecule is CCc1cccc(OCC(=O)n2nc(C)cc2C)c1. The van der Waals surface area contributed by atoms with Crippen molar-refractivity contribution >= 4 is 5.91 Å². The third kappa shape index (κ3) is 3.22. The lowest BCUT2D eigenvalue weighted by atomic mass is 10.2. The minimum Gasteiger partial charge on any atom is -0.484 e. The van der Waals surface area contributed by atoms with E-state index in [0.717, 1.165) is 17.8 Å². The average molecular weight is 258 g/mol. The second-order valence-electron chi connectivity index (χ2n) is 4.52. The van der Waals surface area contributed by atoms with Gasteiger partial charge in [-0.1, -0.05) is 19.1 Å². The molecule has 0 spiro atoms. The van der Waals surface area contributed by atoms with Gasteiger partial charge in [0.15, 0.2) is 6.61 Å². The first-order chi connectivity index (χ1) is 9.10. The predicted molar refractivity (Wildman–Crippen MR) is 73.6 cm³/mol. The van der Waals surface area contributed by atoms with E-state index in [0.29, 0.717) is 5.75 Å². The molecular formula is C15H18N2O2. The molecule has 2 rings (SSSR count). The highest BCUT2D eigenvalue weighted by Gasteiger charge is 2.10. The molecule has 0 unspecified atom stereocenters. The van der Waals surface area contributed by atoms with Crippen LogP contribution in [0.4, 0.5) is 0 Å². The molecule has 0 N–H and O–H groups in total. The van der Waals surface area contributed by atoms with Gasteiger partial charge in [-0.3, -0.25) is 4.79 Å². The van der Waals surface area contributed by atoms with Gasteiger partial charge >= 0.3 is 0 Å². The Morgan fingerprint density at radius 2 is 2.11 bits per heavy atom. The smallest absolute Gasteiger partial charge is 0.284 e. The molecule has 0 aliphatic carbocycles. The Morgan fingerprint density at radius 1 is 1.32 bits per heavy atom. The lowest BCUT2D eigenvalue weighted by molar-refractivity contribution is 0.0818. The Bertz CT molecular complexity index is 588. The van der Waals surface area contributed by atoms with Crippen molar-refractivity contribution in [1.29, 1.82) is 0 Å². The number of aromatic nitrogens is 2. The average Bonchev–Trinajstić information content (AvgIpc) is 2.75. The lowest BCUT2D eigenvalue weighted by Gasteiger charge is -2.07. The third-order valence-corrected chi connectivity index (χ3v) is 2.91. The highest BCUT2D eigenvalue weighted by atomic mass is 16.5. The largest absolute Gasteiger partial charge is 0.484 e. The van der Waals surface area contributed by atoms with E-state index in [1.54, 1.807) is 0 Å². The third-order valence-electron chi connectivity index (χ3n) is 2.91. The van der Waals surface area contributed by atoms with Gasteiger partial charge in [0, 0.05) is 5.69 Å². The van der Waals surface area contributed by atoms with Gasteiger partial charge in [-0.15, -0.1) is 0 Å². The van der Waals surface area contributed by atoms with Crippen molar-refractivity contribution in [3.63, 3.8) is 0 Å². The molecule has 0 aliphatic heterocycles. The van der Waals surface area contributed by atoms with Crippen molar-refractivity contribution in [2.45, 2.75) is 27.2 Å². The van der Waals surface area contributed by atoms with Crippen LogP contribution in [0.25, 0.3) is 0 Å². The zero-order valence-electron chi connectivity index (χ0n) is 11.5. The van der Waals surface area contributed by atoms with Gasteiger partial charge in [-0.25, -0.2) is 4.68 Å². The molecule has 0 saturated carbocycles. The fourth-order valence-corrected chi connectivity index (χ4v) is 1.94. The zero-order valence-corrected chi connectivity index (χ0v) is 11.5. The second kappa shape index (κ2) is 5.69. The summed E-state index contributed by atoms with van der Waals surface area (Å²) in [4.78, 5) is 12.0. The monoisotopic (exact) mass is 258 g/mol. The van der Waals surface area contributed by atoms with Crippen molar-refractivity contribution in [3.05, 3.63) is 47.3 Å². The fraction of sp³-hybridized carbons (Fsp3) is 0.333. The molecule has 0 amide bonds. The van der Waals surface area contributed by atoms with E-state index < -0.39 is 0 Å². The standard InChI is InChI=1S/C15H18N2O2/c1-4-13-6-5-7-14(9-13)19-10-15(18)17-12(3)8-11(2)16-17/h5-9H,4,10H2,1-3H3. The van der Waals surface area contributed by atoms with E-state index in [9.17, 15) is 4.79 Å². The van der Waals surface area contributed by atoms with Crippen molar-refractivity contribution < 1.29 is 9.53 Å². The van der Waals surface area contributed by atoms with Gasteiger partial charge < -0.3 is 4.74 Å². The van der Waals surface area contributed by atoms with Crippen LogP contribution >= 0.6 is 0 Å². The van der Waals surface area contributed by atoms with Crippen LogP contribution in [0.1, 0.15) is 28.7 Å². The molecular weight excluding hydrogens is 240 g/mol. The molecule has 19 heavy (non-hydrogen) atoms. The normalized spacial score (nSPS) is 10.5. The number of benzene rings is 1. The van der Waals surface area contributed by atoms with Crippen molar-refractivity contribution in [2.75, 3.05) is 6.61 Å². The van der Waals surface area contributed by atoms with Gasteiger partial charge in [0.05, 0.1) is 5.69 Å². The maximum atomic E-state index is 12.0. The van der Waals surface area contributed by atoms with Crippen LogP contribution in [0.2, 0.25) is 0 Å². The molecule has 1 heterocycles. The number of hydrogen-bond donors (Lipinski definition) is 0. The molecule has 1 aromatic carbocycles. The molecule has 0 aliphatic rings.